The van der Waals surface area contributed by atoms with Crippen molar-refractivity contribution in [1.29, 1.82) is 5.26 Å². The quantitative estimate of drug-likeness (QED) is 0.0943. The molecule has 2 N–H and O–H groups in total. The molecule has 282 valence electrons. The Morgan fingerprint density at radius 3 is 1.55 bits per heavy atom. The van der Waals surface area contributed by atoms with E-state index < -0.39 is 16.8 Å². The number of aryl methyl sites for hydroxylation is 2. The Bertz CT molecular complexity index is 2000. The Kier molecular flexibility index (Phi) is 14.5. The van der Waals surface area contributed by atoms with Crippen molar-refractivity contribution in [2.45, 2.75) is 68.2 Å². The lowest BCUT2D eigenvalue weighted by Gasteiger charge is -2.17. The summed E-state index contributed by atoms with van der Waals surface area (Å²) in [7, 11) is 2.71. The van der Waals surface area contributed by atoms with Gasteiger partial charge in [0, 0.05) is 49.2 Å². The van der Waals surface area contributed by atoms with E-state index in [1.54, 1.807) is 32.9 Å². The number of hydrogen-bond donors (Lipinski definition) is 1. The number of carbonyl (C=O) groups is 4. The van der Waals surface area contributed by atoms with Crippen LogP contribution in [0.25, 0.3) is 20.9 Å². The second-order valence-corrected chi connectivity index (χ2v) is 16.8. The average molecular weight is 761 g/mol. The number of benzene rings is 2. The van der Waals surface area contributed by atoms with Gasteiger partial charge in [-0.15, -0.1) is 22.7 Å². The predicted octanol–water partition coefficient (Wildman–Crippen LogP) is 8.74. The SMILES string of the molecule is COC(=O)c1cc(-c2cccc(CCOC(=O)C(C)(C)C)c2C#N)sc1C.COC(=O)c1cc(-c2cccc(CCOC(=O)C(C)(C)C)c2N)sc1C. The van der Waals surface area contributed by atoms with Crippen LogP contribution in [0, 0.1) is 36.0 Å². The highest BCUT2D eigenvalue weighted by Gasteiger charge is 2.24. The molecule has 0 fully saturated rings. The number of ether oxygens (including phenoxy) is 4. The fraction of sp³-hybridized carbons (Fsp3) is 0.390. The molecule has 4 rings (SSSR count). The van der Waals surface area contributed by atoms with Gasteiger partial charge in [0.1, 0.15) is 6.07 Å². The summed E-state index contributed by atoms with van der Waals surface area (Å²) < 4.78 is 20.3. The third-order valence-corrected chi connectivity index (χ3v) is 10.2. The average Bonchev–Trinajstić information content (AvgIpc) is 3.69. The van der Waals surface area contributed by atoms with Gasteiger partial charge in [-0.3, -0.25) is 9.59 Å². The molecule has 0 saturated carbocycles. The third-order valence-electron chi connectivity index (χ3n) is 8.07. The van der Waals surface area contributed by atoms with Crippen LogP contribution in [0.1, 0.15) is 88.7 Å². The molecule has 4 aromatic rings. The van der Waals surface area contributed by atoms with Gasteiger partial charge in [-0.25, -0.2) is 9.59 Å². The van der Waals surface area contributed by atoms with Crippen molar-refractivity contribution < 1.29 is 38.1 Å². The fourth-order valence-electron chi connectivity index (χ4n) is 4.99. The van der Waals surface area contributed by atoms with Gasteiger partial charge in [-0.1, -0.05) is 36.4 Å². The van der Waals surface area contributed by atoms with Gasteiger partial charge in [0.15, 0.2) is 0 Å². The van der Waals surface area contributed by atoms with E-state index >= 15 is 0 Å². The van der Waals surface area contributed by atoms with E-state index in [4.69, 9.17) is 24.7 Å². The lowest BCUT2D eigenvalue weighted by Crippen LogP contribution is -2.23. The molecule has 0 atom stereocenters. The van der Waals surface area contributed by atoms with Crippen LogP contribution in [0.15, 0.2) is 48.5 Å². The summed E-state index contributed by atoms with van der Waals surface area (Å²) in [6.07, 6.45) is 0.989. The molecule has 2 heterocycles. The summed E-state index contributed by atoms with van der Waals surface area (Å²) in [5.74, 6) is -1.25. The highest BCUT2D eigenvalue weighted by molar-refractivity contribution is 7.16. The summed E-state index contributed by atoms with van der Waals surface area (Å²) in [6.45, 7) is 15.1. The van der Waals surface area contributed by atoms with E-state index in [1.165, 1.54) is 36.9 Å². The molecule has 0 saturated heterocycles. The summed E-state index contributed by atoms with van der Waals surface area (Å²) in [5, 5.41) is 9.69. The lowest BCUT2D eigenvalue weighted by molar-refractivity contribution is -0.153. The fourth-order valence-corrected chi connectivity index (χ4v) is 7.07. The van der Waals surface area contributed by atoms with Gasteiger partial charge in [0.2, 0.25) is 0 Å². The summed E-state index contributed by atoms with van der Waals surface area (Å²) in [5.41, 5.74) is 10.8. The first-order valence-electron chi connectivity index (χ1n) is 17.0. The van der Waals surface area contributed by atoms with Crippen LogP contribution in [0.2, 0.25) is 0 Å². The van der Waals surface area contributed by atoms with Gasteiger partial charge in [0.05, 0.1) is 55.0 Å². The van der Waals surface area contributed by atoms with Crippen molar-refractivity contribution in [3.63, 3.8) is 0 Å². The number of nitrogens with two attached hydrogens (primary N) is 1. The van der Waals surface area contributed by atoms with E-state index in [0.717, 1.165) is 41.8 Å². The molecule has 0 spiro atoms. The minimum absolute atomic E-state index is 0.213. The predicted molar refractivity (Wildman–Crippen MR) is 209 cm³/mol. The van der Waals surface area contributed by atoms with E-state index in [0.29, 0.717) is 35.2 Å². The molecule has 53 heavy (non-hydrogen) atoms. The van der Waals surface area contributed by atoms with E-state index in [9.17, 15) is 24.4 Å². The third kappa shape index (κ3) is 11.0. The Balaban J connectivity index is 0.000000286. The van der Waals surface area contributed by atoms with Crippen molar-refractivity contribution >= 4 is 52.2 Å². The molecule has 0 bridgehead atoms. The summed E-state index contributed by atoms with van der Waals surface area (Å²) in [6, 6.07) is 17.2. The molecular weight excluding hydrogens is 713 g/mol. The minimum Gasteiger partial charge on any atom is -0.465 e. The van der Waals surface area contributed by atoms with Crippen molar-refractivity contribution in [3.05, 3.63) is 86.1 Å². The second-order valence-electron chi connectivity index (χ2n) is 14.2. The molecule has 0 unspecified atom stereocenters. The monoisotopic (exact) mass is 760 g/mol. The molecule has 0 amide bonds. The Labute approximate surface area is 319 Å². The number of hydrogen-bond acceptors (Lipinski definition) is 12. The summed E-state index contributed by atoms with van der Waals surface area (Å²) in [4.78, 5) is 50.9. The number of methoxy groups -OCH3 is 2. The van der Waals surface area contributed by atoms with Crippen molar-refractivity contribution in [2.75, 3.05) is 33.2 Å². The molecular formula is C41H48N2O8S2. The number of esters is 4. The highest BCUT2D eigenvalue weighted by Crippen LogP contribution is 2.37. The molecule has 0 radical (unpaired) electrons. The van der Waals surface area contributed by atoms with Gasteiger partial charge >= 0.3 is 23.9 Å². The highest BCUT2D eigenvalue weighted by atomic mass is 32.1. The first kappa shape index (κ1) is 42.4. The largest absolute Gasteiger partial charge is 0.465 e. The van der Waals surface area contributed by atoms with Crippen LogP contribution in [-0.4, -0.2) is 51.3 Å². The Hall–Kier alpha value is -4.99. The zero-order valence-electron chi connectivity index (χ0n) is 32.1. The normalized spacial score (nSPS) is 11.1. The van der Waals surface area contributed by atoms with Crippen LogP contribution in [0.3, 0.4) is 0 Å². The van der Waals surface area contributed by atoms with E-state index in [1.807, 2.05) is 71.0 Å². The van der Waals surface area contributed by atoms with E-state index in [-0.39, 0.29) is 31.1 Å². The van der Waals surface area contributed by atoms with Gasteiger partial charge in [-0.05, 0) is 78.6 Å². The first-order chi connectivity index (χ1) is 24.8. The second kappa shape index (κ2) is 18.2. The Morgan fingerprint density at radius 2 is 1.11 bits per heavy atom. The molecule has 12 heteroatoms. The van der Waals surface area contributed by atoms with Crippen LogP contribution < -0.4 is 5.73 Å². The first-order valence-corrected chi connectivity index (χ1v) is 18.6. The maximum atomic E-state index is 11.9. The molecule has 10 nitrogen and oxygen atoms in total. The molecule has 0 aliphatic rings. The van der Waals surface area contributed by atoms with Crippen molar-refractivity contribution in [2.24, 2.45) is 10.8 Å². The number of nitrogens with zero attached hydrogens (tertiary/aromatic N) is 1. The van der Waals surface area contributed by atoms with Crippen molar-refractivity contribution in [3.8, 4) is 27.0 Å². The van der Waals surface area contributed by atoms with Crippen LogP contribution >= 0.6 is 22.7 Å². The zero-order valence-corrected chi connectivity index (χ0v) is 33.7. The molecule has 0 aliphatic carbocycles. The van der Waals surface area contributed by atoms with Crippen LogP contribution in [0.4, 0.5) is 5.69 Å². The number of para-hydroxylation sites is 1. The smallest absolute Gasteiger partial charge is 0.338 e. The number of carbonyl (C=O) groups excluding carboxylic acids is 4. The molecule has 2 aromatic heterocycles. The van der Waals surface area contributed by atoms with Crippen LogP contribution in [0.5, 0.6) is 0 Å². The van der Waals surface area contributed by atoms with Gasteiger partial charge < -0.3 is 24.7 Å². The zero-order chi connectivity index (χ0) is 39.7. The number of nitrogen functional groups attached to an aromatic ring is 1. The topological polar surface area (TPSA) is 155 Å². The molecule has 2 aromatic carbocycles. The van der Waals surface area contributed by atoms with Gasteiger partial charge in [0.25, 0.3) is 0 Å². The van der Waals surface area contributed by atoms with Crippen molar-refractivity contribution in [1.82, 2.24) is 0 Å². The number of thiophene rings is 2. The number of nitriles is 1. The number of rotatable bonds is 10. The summed E-state index contributed by atoms with van der Waals surface area (Å²) >= 11 is 2.94. The maximum Gasteiger partial charge on any atom is 0.338 e. The standard InChI is InChI=1S/C21H23NO4S.C20H25NO4S/c1-13-16(19(23)25-5)11-18(27-13)15-8-6-7-14(17(15)12-22)9-10-26-20(24)21(2,3)4;1-12-15(18(22)24-5)11-16(26-12)14-8-6-7-13(17(14)21)9-10-25-19(23)20(2,3)4/h6-8,11H,9-10H2,1-5H3;6-8,11H,9-10,21H2,1-5H3. The Morgan fingerprint density at radius 1 is 0.698 bits per heavy atom. The maximum absolute atomic E-state index is 11.9. The molecule has 0 aliphatic heterocycles. The van der Waals surface area contributed by atoms with Crippen LogP contribution in [-0.2, 0) is 41.4 Å². The number of anilines is 1. The van der Waals surface area contributed by atoms with E-state index in [2.05, 4.69) is 6.07 Å². The van der Waals surface area contributed by atoms with Gasteiger partial charge in [-0.2, -0.15) is 5.26 Å². The minimum atomic E-state index is -0.557. The lowest BCUT2D eigenvalue weighted by atomic mass is 9.97.